The number of aliphatic imine (C=N–C) groups is 3. The normalized spacial score (nSPS) is 13.6. The Bertz CT molecular complexity index is 3630. The van der Waals surface area contributed by atoms with Crippen LogP contribution in [-0.4, -0.2) is 245 Å². The molecular weight excluding hydrogens is 1740 g/mol. The molecule has 0 fully saturated rings. The van der Waals surface area contributed by atoms with Gasteiger partial charge in [0.1, 0.15) is 66.0 Å². The van der Waals surface area contributed by atoms with Crippen LogP contribution in [0.3, 0.4) is 0 Å². The van der Waals surface area contributed by atoms with Gasteiger partial charge in [0.2, 0.25) is 0 Å². The molecule has 0 spiro atoms. The summed E-state index contributed by atoms with van der Waals surface area (Å²) in [5.74, 6) is -7.59. The molecule has 45 heteroatoms. The van der Waals surface area contributed by atoms with Crippen molar-refractivity contribution in [3.05, 3.63) is 87.8 Å². The van der Waals surface area contributed by atoms with Crippen LogP contribution in [0.25, 0.3) is 0 Å². The molecule has 0 bridgehead atoms. The molecule has 0 aliphatic rings. The van der Waals surface area contributed by atoms with Gasteiger partial charge in [0.05, 0.1) is 164 Å². The molecule has 1 heterocycles. The molecule has 130 heavy (non-hydrogen) atoms. The number of carboxylic acids is 1. The fourth-order valence-electron chi connectivity index (χ4n) is 8.58. The molecule has 0 amide bonds. The summed E-state index contributed by atoms with van der Waals surface area (Å²) in [7, 11) is 14.8. The summed E-state index contributed by atoms with van der Waals surface area (Å²) in [6, 6.07) is -2.10. The fourth-order valence-corrected chi connectivity index (χ4v) is 8.58. The van der Waals surface area contributed by atoms with E-state index in [1.807, 2.05) is 0 Å². The average molecular weight is 1880 g/mol. The Kier molecular flexibility index (Phi) is 91.6. The second-order valence-electron chi connectivity index (χ2n) is 27.6. The van der Waals surface area contributed by atoms with Gasteiger partial charge in [-0.25, -0.2) is 40.9 Å². The van der Waals surface area contributed by atoms with Crippen molar-refractivity contribution >= 4 is 89.5 Å². The minimum atomic E-state index is -1.08. The van der Waals surface area contributed by atoms with E-state index >= 15 is 0 Å². The van der Waals surface area contributed by atoms with Gasteiger partial charge in [-0.1, -0.05) is 83.2 Å². The first-order chi connectivity index (χ1) is 61.0. The van der Waals surface area contributed by atoms with E-state index in [0.717, 1.165) is 10.9 Å². The van der Waals surface area contributed by atoms with E-state index in [-0.39, 0.29) is 159 Å². The standard InChI is InChI=1S/C12H17FN2O4.C11H19FN2O2.C11H19FO4.C10H18FN3O2.C9H16FN3O2.C9H15FO3.C8H15NO4.C8H14O4.C7H12O3/c1-8(11(16)18-3)5-4-6-10(13)7-15-9(2)14-19-12(15)17;1-8(11(15)16-3)5-4-6-10(12)7-14-9(2)13;1-4-15-16-8-10(12)7-5-6-9(2)11(13)14-3;1-7(12)14-6-8(11)4-3-5-9(13)10(15)16-2;1-6(11)13-5-7(10)3-2-4-8(12)9(14)15;1-7(9(12)13-2)4-3-5-8(10)6-11;1-9-6(8(11)13-3)4-5-7(10)12-2;1-6(8(10)12-3)4-5-7(9)11-2;1-6(4-3-5-8)7(9)10-2/h6,8H,4-5,7H2,1-3H3;6,8H,4-5,7H2,1-3H3,(H2,13,14);7,9H,4-6,8H2,1-3H3;4,9H,3,5-6,13H2,1-2H3,(H2,12,14);3,8H,2,4-5,12H2,1H3,(H2,11,13)(H,14,15);5,7,11H,3-4,6H2,1-2H3;6,9H,4-5H2,1-3H3;6H,4-5H2,1-3H3;5-6H,3-4H2,1-2H3/b2*10-6+;10-7+;8-4+;7-3+;8-5+;;;/t8-;;;;;;;;/m0......../s1. The molecule has 0 radical (unpaired) electrons. The molecule has 0 aliphatic carbocycles. The van der Waals surface area contributed by atoms with Crippen molar-refractivity contribution in [2.75, 3.05) is 118 Å². The first-order valence-corrected chi connectivity index (χ1v) is 40.9. The fraction of sp³-hybridized carbons (Fsp3) is 0.659. The molecule has 1 aromatic rings. The number of nitrogens with two attached hydrogens (primary N) is 5. The Balaban J connectivity index is -0.000000216. The summed E-state index contributed by atoms with van der Waals surface area (Å²) < 4.78 is 128. The first kappa shape index (κ1) is 134. The van der Waals surface area contributed by atoms with Gasteiger partial charge in [-0.3, -0.25) is 76.8 Å². The Hall–Kier alpha value is -11.0. The van der Waals surface area contributed by atoms with Gasteiger partial charge in [0.25, 0.3) is 0 Å². The van der Waals surface area contributed by atoms with Gasteiger partial charge in [-0.15, -0.1) is 0 Å². The van der Waals surface area contributed by atoms with Crippen molar-refractivity contribution in [3.63, 3.8) is 0 Å². The number of aliphatic hydroxyl groups excluding tert-OH is 1. The summed E-state index contributed by atoms with van der Waals surface area (Å²) >= 11 is 0. The number of allylic oxidation sites excluding steroid dienone is 7. The van der Waals surface area contributed by atoms with E-state index < -0.39 is 65.7 Å². The van der Waals surface area contributed by atoms with Crippen LogP contribution in [0.4, 0.5) is 26.3 Å². The Morgan fingerprint density at radius 2 is 0.738 bits per heavy atom. The van der Waals surface area contributed by atoms with Crippen LogP contribution in [0.15, 0.2) is 95.7 Å². The highest BCUT2D eigenvalue weighted by Gasteiger charge is 2.21. The number of aliphatic hydroxyl groups is 1. The van der Waals surface area contributed by atoms with Crippen molar-refractivity contribution < 1.29 is 156 Å². The number of esters is 10. The average Bonchev–Trinajstić information content (AvgIpc) is 1.73. The van der Waals surface area contributed by atoms with Crippen molar-refractivity contribution in [1.82, 2.24) is 15.0 Å². The van der Waals surface area contributed by atoms with E-state index in [9.17, 15) is 88.7 Å². The third-order valence-electron chi connectivity index (χ3n) is 16.6. The molecule has 0 aromatic carbocycles. The maximum Gasteiger partial charge on any atom is 0.441 e. The van der Waals surface area contributed by atoms with Crippen molar-refractivity contribution in [1.29, 1.82) is 0 Å². The lowest BCUT2D eigenvalue weighted by Crippen LogP contribution is -2.35. The lowest BCUT2D eigenvalue weighted by molar-refractivity contribution is -0.286. The molecular formula is C85H145F6N11O28. The number of methoxy groups -OCH3 is 10. The maximum absolute atomic E-state index is 13.6. The maximum atomic E-state index is 13.6. The molecule has 0 saturated heterocycles. The van der Waals surface area contributed by atoms with E-state index in [2.05, 4.69) is 87.1 Å². The number of ether oxygens (including phenoxy) is 10. The van der Waals surface area contributed by atoms with Gasteiger partial charge in [-0.05, 0) is 138 Å². The van der Waals surface area contributed by atoms with Crippen molar-refractivity contribution in [2.24, 2.45) is 79.2 Å². The minimum absolute atomic E-state index is 0.0328. The number of hydrogen-bond donors (Lipinski definition) is 8. The Labute approximate surface area is 758 Å². The third-order valence-corrected chi connectivity index (χ3v) is 16.6. The number of aromatic nitrogens is 2. The number of likely N-dealkylation sites (N-methyl/N-ethyl adjacent to an activating group) is 1. The predicted molar refractivity (Wildman–Crippen MR) is 473 cm³/mol. The van der Waals surface area contributed by atoms with Gasteiger partial charge in [-0.2, -0.15) is 0 Å². The summed E-state index contributed by atoms with van der Waals surface area (Å²) in [6.45, 7) is 17.6. The van der Waals surface area contributed by atoms with Crippen molar-refractivity contribution in [3.8, 4) is 0 Å². The molecule has 39 nitrogen and oxygen atoms in total. The number of aldehydes is 1. The van der Waals surface area contributed by atoms with E-state index in [0.29, 0.717) is 120 Å². The van der Waals surface area contributed by atoms with Gasteiger partial charge in [0.15, 0.2) is 5.82 Å². The number of carboxylic acid groups (broad SMARTS) is 1. The molecule has 13 N–H and O–H groups in total. The number of hydrogen-bond acceptors (Lipinski definition) is 34. The molecule has 0 saturated carbocycles. The molecule has 8 unspecified atom stereocenters. The number of halogens is 6. The van der Waals surface area contributed by atoms with E-state index in [4.69, 9.17) is 38.9 Å². The number of nitrogens with one attached hydrogen (secondary N) is 1. The van der Waals surface area contributed by atoms with Crippen LogP contribution in [-0.2, 0) is 121 Å². The molecule has 1 rings (SSSR count). The third kappa shape index (κ3) is 85.1. The number of amidine groups is 3. The monoisotopic (exact) mass is 1880 g/mol. The zero-order chi connectivity index (χ0) is 102. The minimum Gasteiger partial charge on any atom is -0.480 e. The summed E-state index contributed by atoms with van der Waals surface area (Å²) in [6.07, 6.45) is 16.3. The molecule has 750 valence electrons. The highest BCUT2D eigenvalue weighted by atomic mass is 19.1. The van der Waals surface area contributed by atoms with Gasteiger partial charge in [0, 0.05) is 19.3 Å². The SMILES string of the molecule is CC(N)=NC/C(F)=C\CCC(N)C(=O)O.CCOOC/C(F)=C\CCC(C)C(=O)OC.CNC(CCC(=O)OC)C(=O)OC.COC(=O)C(C)CC/C=C(/F)CN=C(C)N.COC(=O)C(C)CC/C=C(/F)CO.COC(=O)C(C)CCC=O.COC(=O)C(N)CC/C=C(/F)CN=C(C)N.COC(=O)CCC(C)C(=O)OC.COC(=O)[C@@H](C)CC/C=C(/F)Cn1c(C)noc1=O. The Morgan fingerprint density at radius 1 is 0.438 bits per heavy atom. The summed E-state index contributed by atoms with van der Waals surface area (Å²) in [5, 5.41) is 22.9. The van der Waals surface area contributed by atoms with Crippen LogP contribution in [0.2, 0.25) is 0 Å². The van der Waals surface area contributed by atoms with E-state index in [1.54, 1.807) is 83.2 Å². The zero-order valence-corrected chi connectivity index (χ0v) is 79.3. The second-order valence-corrected chi connectivity index (χ2v) is 27.6. The van der Waals surface area contributed by atoms with Gasteiger partial charge >= 0.3 is 71.4 Å². The number of rotatable bonds is 50. The number of carbonyl (C=O) groups is 12. The smallest absolute Gasteiger partial charge is 0.441 e. The predicted octanol–water partition coefficient (Wildman–Crippen LogP) is 9.34. The highest BCUT2D eigenvalue weighted by molar-refractivity contribution is 5.80. The van der Waals surface area contributed by atoms with Crippen LogP contribution in [0.5, 0.6) is 0 Å². The zero-order valence-electron chi connectivity index (χ0n) is 79.3. The summed E-state index contributed by atoms with van der Waals surface area (Å²) in [4.78, 5) is 160. The summed E-state index contributed by atoms with van der Waals surface area (Å²) in [5.41, 5.74) is 26.4. The number of aliphatic carboxylic acids is 1. The number of carbonyl (C=O) groups excluding carboxylic acids is 11. The highest BCUT2D eigenvalue weighted by Crippen LogP contribution is 2.16. The number of nitrogens with zero attached hydrogens (tertiary/aromatic N) is 5. The van der Waals surface area contributed by atoms with Crippen LogP contribution in [0.1, 0.15) is 191 Å². The largest absolute Gasteiger partial charge is 0.480 e. The van der Waals surface area contributed by atoms with Crippen LogP contribution in [0, 0.1) is 42.4 Å². The lowest BCUT2D eigenvalue weighted by Gasteiger charge is -2.11. The molecule has 9 atom stereocenters. The molecule has 1 aromatic heterocycles. The quantitative estimate of drug-likeness (QED) is 0.00346. The van der Waals surface area contributed by atoms with Crippen LogP contribution < -0.4 is 39.7 Å². The first-order valence-electron chi connectivity index (χ1n) is 40.9. The van der Waals surface area contributed by atoms with Gasteiger partial charge < -0.3 is 96.4 Å². The topological polar surface area (TPSA) is 583 Å². The Morgan fingerprint density at radius 3 is 1.02 bits per heavy atom. The van der Waals surface area contributed by atoms with Crippen molar-refractivity contribution in [2.45, 2.75) is 216 Å². The second kappa shape index (κ2) is 88.6. The van der Waals surface area contributed by atoms with E-state index in [1.165, 1.54) is 108 Å². The lowest BCUT2D eigenvalue weighted by atomic mass is 10.1. The number of aryl methyl sites for hydroxylation is 1. The van der Waals surface area contributed by atoms with Crippen LogP contribution >= 0.6 is 0 Å². The molecule has 0 aliphatic heterocycles.